The van der Waals surface area contributed by atoms with Gasteiger partial charge in [0.05, 0.1) is 0 Å². The van der Waals surface area contributed by atoms with Crippen molar-refractivity contribution in [3.63, 3.8) is 0 Å². The summed E-state index contributed by atoms with van der Waals surface area (Å²) in [6, 6.07) is 8.00. The van der Waals surface area contributed by atoms with Crippen molar-refractivity contribution in [1.29, 1.82) is 0 Å². The first-order valence-electron chi connectivity index (χ1n) is 4.27. The second kappa shape index (κ2) is 6.55. The minimum Gasteiger partial charge on any atom is -0.450 e. The molecule has 1 rings (SSSR count). The molecule has 1 aromatic rings. The molecule has 0 aliphatic carbocycles. The van der Waals surface area contributed by atoms with Gasteiger partial charge in [-0.1, -0.05) is 15.9 Å². The largest absolute Gasteiger partial charge is 0.450 e. The number of hydrogen-bond acceptors (Lipinski definition) is 3. The van der Waals surface area contributed by atoms with Gasteiger partial charge in [0.1, 0.15) is 0 Å². The van der Waals surface area contributed by atoms with E-state index in [0.717, 1.165) is 9.37 Å². The van der Waals surface area contributed by atoms with Crippen molar-refractivity contribution in [2.24, 2.45) is 0 Å². The van der Waals surface area contributed by atoms with Crippen molar-refractivity contribution in [3.05, 3.63) is 28.7 Å². The first-order chi connectivity index (χ1) is 7.08. The van der Waals surface area contributed by atoms with E-state index in [1.54, 1.807) is 11.8 Å². The molecule has 1 atom stereocenters. The molecule has 0 N–H and O–H groups in total. The highest BCUT2D eigenvalue weighted by Gasteiger charge is 2.07. The molecule has 1 aromatic carbocycles. The summed E-state index contributed by atoms with van der Waals surface area (Å²) in [5.41, 5.74) is 0. The van der Waals surface area contributed by atoms with Crippen LogP contribution in [0.1, 0.15) is 6.92 Å². The molecule has 2 nitrogen and oxygen atoms in total. The maximum absolute atomic E-state index is 10.6. The predicted molar refractivity (Wildman–Crippen MR) is 69.3 cm³/mol. The number of ether oxygens (including phenoxy) is 1. The lowest BCUT2D eigenvalue weighted by Gasteiger charge is -2.09. The highest BCUT2D eigenvalue weighted by atomic mass is 79.9. The number of carbonyl (C=O) groups is 1. The van der Waals surface area contributed by atoms with E-state index in [4.69, 9.17) is 4.74 Å². The van der Waals surface area contributed by atoms with Gasteiger partial charge < -0.3 is 4.74 Å². The van der Waals surface area contributed by atoms with Gasteiger partial charge in [-0.3, -0.25) is 4.79 Å². The molecule has 0 aliphatic rings. The van der Waals surface area contributed by atoms with Crippen molar-refractivity contribution in [2.75, 3.05) is 5.75 Å². The van der Waals surface area contributed by atoms with Gasteiger partial charge in [0, 0.05) is 22.0 Å². The van der Waals surface area contributed by atoms with Gasteiger partial charge in [-0.15, -0.1) is 11.8 Å². The molecular formula is C10H10Br2O2S. The summed E-state index contributed by atoms with van der Waals surface area (Å²) < 4.78 is 6.00. The molecule has 0 saturated carbocycles. The van der Waals surface area contributed by atoms with E-state index in [0.29, 0.717) is 5.75 Å². The number of esters is 1. The molecule has 0 spiro atoms. The molecule has 15 heavy (non-hydrogen) atoms. The molecule has 0 amide bonds. The van der Waals surface area contributed by atoms with Crippen molar-refractivity contribution >= 4 is 49.6 Å². The van der Waals surface area contributed by atoms with E-state index in [1.165, 1.54) is 6.92 Å². The number of carbonyl (C=O) groups excluding carboxylic acids is 1. The van der Waals surface area contributed by atoms with Crippen molar-refractivity contribution in [3.8, 4) is 0 Å². The summed E-state index contributed by atoms with van der Waals surface area (Å²) in [7, 11) is 0. The molecule has 0 bridgehead atoms. The van der Waals surface area contributed by atoms with E-state index in [9.17, 15) is 4.79 Å². The number of thioether (sulfide) groups is 1. The molecule has 1 unspecified atom stereocenters. The van der Waals surface area contributed by atoms with Crippen molar-refractivity contribution < 1.29 is 9.53 Å². The maximum Gasteiger partial charge on any atom is 0.303 e. The molecule has 0 saturated heterocycles. The van der Waals surface area contributed by atoms with Crippen LogP contribution in [0.4, 0.5) is 0 Å². The zero-order valence-electron chi connectivity index (χ0n) is 8.07. The summed E-state index contributed by atoms with van der Waals surface area (Å²) in [6.07, 6.45) is 0. The Labute approximate surface area is 110 Å². The second-order valence-corrected chi connectivity index (χ2v) is 5.81. The minimum absolute atomic E-state index is 0.233. The molecule has 0 fully saturated rings. The fourth-order valence-corrected chi connectivity index (χ4v) is 2.55. The highest BCUT2D eigenvalue weighted by molar-refractivity contribution is 9.10. The van der Waals surface area contributed by atoms with Crippen LogP contribution in [-0.4, -0.2) is 16.7 Å². The molecule has 0 radical (unpaired) electrons. The van der Waals surface area contributed by atoms with Gasteiger partial charge in [0.2, 0.25) is 0 Å². The Morgan fingerprint density at radius 1 is 1.47 bits per heavy atom. The lowest BCUT2D eigenvalue weighted by molar-refractivity contribution is -0.141. The quantitative estimate of drug-likeness (QED) is 0.467. The highest BCUT2D eigenvalue weighted by Crippen LogP contribution is 2.23. The van der Waals surface area contributed by atoms with Gasteiger partial charge in [-0.25, -0.2) is 0 Å². The van der Waals surface area contributed by atoms with Crippen molar-refractivity contribution in [1.82, 2.24) is 0 Å². The topological polar surface area (TPSA) is 26.3 Å². The Kier molecular flexibility index (Phi) is 5.71. The van der Waals surface area contributed by atoms with Crippen LogP contribution in [0.15, 0.2) is 33.6 Å². The second-order valence-electron chi connectivity index (χ2n) is 2.78. The van der Waals surface area contributed by atoms with Crippen LogP contribution in [0.3, 0.4) is 0 Å². The van der Waals surface area contributed by atoms with Crippen LogP contribution < -0.4 is 0 Å². The van der Waals surface area contributed by atoms with Gasteiger partial charge in [-0.2, -0.15) is 0 Å². The number of hydrogen-bond donors (Lipinski definition) is 0. The van der Waals surface area contributed by atoms with Crippen LogP contribution in [0.2, 0.25) is 0 Å². The van der Waals surface area contributed by atoms with Crippen LogP contribution in [0, 0.1) is 0 Å². The average molecular weight is 354 g/mol. The van der Waals surface area contributed by atoms with Gasteiger partial charge in [0.25, 0.3) is 0 Å². The van der Waals surface area contributed by atoms with E-state index in [-0.39, 0.29) is 11.0 Å². The Bertz CT molecular complexity index is 327. The van der Waals surface area contributed by atoms with E-state index >= 15 is 0 Å². The van der Waals surface area contributed by atoms with E-state index in [2.05, 4.69) is 31.9 Å². The first-order valence-corrected chi connectivity index (χ1v) is 6.97. The number of rotatable bonds is 4. The zero-order valence-corrected chi connectivity index (χ0v) is 12.1. The monoisotopic (exact) mass is 352 g/mol. The molecule has 0 heterocycles. The van der Waals surface area contributed by atoms with Crippen LogP contribution >= 0.6 is 43.6 Å². The lowest BCUT2D eigenvalue weighted by atomic mass is 10.4. The first kappa shape index (κ1) is 13.1. The Morgan fingerprint density at radius 2 is 2.07 bits per heavy atom. The van der Waals surface area contributed by atoms with E-state index < -0.39 is 0 Å². The fourth-order valence-electron chi connectivity index (χ4n) is 0.907. The molecule has 0 aromatic heterocycles. The lowest BCUT2D eigenvalue weighted by Crippen LogP contribution is -2.11. The maximum atomic E-state index is 10.6. The summed E-state index contributed by atoms with van der Waals surface area (Å²) in [5, 5.41) is -0.233. The van der Waals surface area contributed by atoms with Crippen molar-refractivity contribution in [2.45, 2.75) is 16.8 Å². The number of alkyl halides is 1. The fraction of sp³-hybridized carbons (Fsp3) is 0.300. The molecule has 5 heteroatoms. The Morgan fingerprint density at radius 3 is 2.60 bits per heavy atom. The standard InChI is InChI=1S/C10H10Br2O2S/c1-7(13)14-10(12)6-15-9-4-2-8(11)3-5-9/h2-5,10H,6H2,1H3. The molecule has 0 aliphatic heterocycles. The average Bonchev–Trinajstić information content (AvgIpc) is 2.16. The SMILES string of the molecule is CC(=O)OC(Br)CSc1ccc(Br)cc1. The van der Waals surface area contributed by atoms with Crippen LogP contribution in [0.25, 0.3) is 0 Å². The summed E-state index contributed by atoms with van der Waals surface area (Å²) in [5.74, 6) is 0.426. The summed E-state index contributed by atoms with van der Waals surface area (Å²) >= 11 is 8.28. The van der Waals surface area contributed by atoms with Crippen LogP contribution in [-0.2, 0) is 9.53 Å². The molecular weight excluding hydrogens is 344 g/mol. The summed E-state index contributed by atoms with van der Waals surface area (Å²) in [6.45, 7) is 1.40. The number of halogens is 2. The third kappa shape index (κ3) is 5.58. The number of benzene rings is 1. The minimum atomic E-state index is -0.270. The van der Waals surface area contributed by atoms with Gasteiger partial charge in [-0.05, 0) is 40.2 Å². The predicted octanol–water partition coefficient (Wildman–Crippen LogP) is 3.83. The zero-order chi connectivity index (χ0) is 11.3. The van der Waals surface area contributed by atoms with E-state index in [1.807, 2.05) is 24.3 Å². The smallest absolute Gasteiger partial charge is 0.303 e. The van der Waals surface area contributed by atoms with Crippen LogP contribution in [0.5, 0.6) is 0 Å². The third-order valence-corrected chi connectivity index (χ3v) is 4.03. The third-order valence-electron chi connectivity index (χ3n) is 1.49. The Balaban J connectivity index is 2.36. The Hall–Kier alpha value is -0.000000000000000111. The van der Waals surface area contributed by atoms with Gasteiger partial charge >= 0.3 is 5.97 Å². The summed E-state index contributed by atoms with van der Waals surface area (Å²) in [4.78, 5) is 11.8. The molecule has 82 valence electrons. The van der Waals surface area contributed by atoms with Gasteiger partial charge in [0.15, 0.2) is 5.01 Å². The normalized spacial score (nSPS) is 12.2.